The van der Waals surface area contributed by atoms with E-state index in [0.717, 1.165) is 12.2 Å². The molecule has 19 heavy (non-hydrogen) atoms. The van der Waals surface area contributed by atoms with Gasteiger partial charge in [0, 0.05) is 25.8 Å². The van der Waals surface area contributed by atoms with Crippen molar-refractivity contribution in [3.05, 3.63) is 29.8 Å². The number of likely N-dealkylation sites (tertiary alicyclic amines) is 1. The molecule has 0 bridgehead atoms. The number of carbonyl (C=O) groups excluding carboxylic acids is 2. The average molecular weight is 261 g/mol. The molecular weight excluding hydrogens is 242 g/mol. The number of anilines is 1. The van der Waals surface area contributed by atoms with Crippen LogP contribution in [0.2, 0.25) is 0 Å². The molecule has 1 fully saturated rings. The van der Waals surface area contributed by atoms with Crippen molar-refractivity contribution in [1.29, 1.82) is 0 Å². The highest BCUT2D eigenvalue weighted by molar-refractivity contribution is 6.02. The van der Waals surface area contributed by atoms with E-state index in [1.165, 1.54) is 0 Å². The molecule has 2 rings (SSSR count). The molecule has 1 saturated heterocycles. The molecule has 0 saturated carbocycles. The Kier molecular flexibility index (Phi) is 4.04. The zero-order chi connectivity index (χ0) is 13.8. The van der Waals surface area contributed by atoms with Crippen molar-refractivity contribution in [3.8, 4) is 0 Å². The van der Waals surface area contributed by atoms with Crippen molar-refractivity contribution in [2.24, 2.45) is 0 Å². The molecule has 1 aromatic carbocycles. The van der Waals surface area contributed by atoms with E-state index in [1.54, 1.807) is 18.0 Å². The summed E-state index contributed by atoms with van der Waals surface area (Å²) in [5, 5.41) is 5.95. The van der Waals surface area contributed by atoms with Crippen LogP contribution < -0.4 is 10.6 Å². The van der Waals surface area contributed by atoms with E-state index in [-0.39, 0.29) is 11.8 Å². The van der Waals surface area contributed by atoms with Crippen LogP contribution in [-0.2, 0) is 4.79 Å². The lowest BCUT2D eigenvalue weighted by atomic mass is 10.1. The van der Waals surface area contributed by atoms with Gasteiger partial charge in [-0.1, -0.05) is 12.1 Å². The second-order valence-corrected chi connectivity index (χ2v) is 4.65. The largest absolute Gasteiger partial charge is 0.385 e. The van der Waals surface area contributed by atoms with Crippen LogP contribution in [0.3, 0.4) is 0 Å². The van der Waals surface area contributed by atoms with Gasteiger partial charge < -0.3 is 15.5 Å². The van der Waals surface area contributed by atoms with Gasteiger partial charge in [0.05, 0.1) is 5.56 Å². The number of para-hydroxylation sites is 1. The smallest absolute Gasteiger partial charge is 0.254 e. The van der Waals surface area contributed by atoms with Crippen molar-refractivity contribution in [3.63, 3.8) is 0 Å². The standard InChI is InChI=1S/C14H19N3O2/c1-3-15-11-7-5-4-6-10(11)13(18)16-12-8-9-17(2)14(12)19/h4-7,12,15H,3,8-9H2,1-2H3,(H,16,18). The monoisotopic (exact) mass is 261 g/mol. The summed E-state index contributed by atoms with van der Waals surface area (Å²) in [5.41, 5.74) is 1.37. The summed E-state index contributed by atoms with van der Waals surface area (Å²) in [6.07, 6.45) is 0.671. The minimum Gasteiger partial charge on any atom is -0.385 e. The van der Waals surface area contributed by atoms with Crippen LogP contribution >= 0.6 is 0 Å². The minimum atomic E-state index is -0.396. The Morgan fingerprint density at radius 2 is 2.16 bits per heavy atom. The zero-order valence-electron chi connectivity index (χ0n) is 11.3. The lowest BCUT2D eigenvalue weighted by molar-refractivity contribution is -0.128. The first-order valence-corrected chi connectivity index (χ1v) is 6.52. The molecule has 0 aliphatic carbocycles. The van der Waals surface area contributed by atoms with E-state index >= 15 is 0 Å². The van der Waals surface area contributed by atoms with E-state index in [0.29, 0.717) is 18.5 Å². The van der Waals surface area contributed by atoms with Gasteiger partial charge in [-0.3, -0.25) is 9.59 Å². The van der Waals surface area contributed by atoms with E-state index in [2.05, 4.69) is 10.6 Å². The summed E-state index contributed by atoms with van der Waals surface area (Å²) in [7, 11) is 1.75. The Labute approximate surface area is 113 Å². The van der Waals surface area contributed by atoms with Gasteiger partial charge in [-0.15, -0.1) is 0 Å². The van der Waals surface area contributed by atoms with Crippen LogP contribution in [0.25, 0.3) is 0 Å². The highest BCUT2D eigenvalue weighted by atomic mass is 16.2. The second-order valence-electron chi connectivity index (χ2n) is 4.65. The third-order valence-electron chi connectivity index (χ3n) is 3.27. The Balaban J connectivity index is 2.10. The number of amides is 2. The first-order chi connectivity index (χ1) is 9.13. The van der Waals surface area contributed by atoms with Gasteiger partial charge in [0.1, 0.15) is 6.04 Å². The summed E-state index contributed by atoms with van der Waals surface area (Å²) in [4.78, 5) is 25.6. The topological polar surface area (TPSA) is 61.4 Å². The third-order valence-corrected chi connectivity index (χ3v) is 3.27. The van der Waals surface area contributed by atoms with Crippen molar-refractivity contribution < 1.29 is 9.59 Å². The molecule has 1 atom stereocenters. The molecule has 2 N–H and O–H groups in total. The third kappa shape index (κ3) is 2.86. The van der Waals surface area contributed by atoms with Gasteiger partial charge in [-0.25, -0.2) is 0 Å². The van der Waals surface area contributed by atoms with Crippen molar-refractivity contribution in [1.82, 2.24) is 10.2 Å². The van der Waals surface area contributed by atoms with E-state index in [1.807, 2.05) is 25.1 Å². The van der Waals surface area contributed by atoms with Crippen LogP contribution in [-0.4, -0.2) is 42.9 Å². The maximum absolute atomic E-state index is 12.2. The molecule has 2 amide bonds. The molecule has 1 unspecified atom stereocenters. The molecule has 0 radical (unpaired) electrons. The Bertz CT molecular complexity index is 487. The predicted molar refractivity (Wildman–Crippen MR) is 74.1 cm³/mol. The quantitative estimate of drug-likeness (QED) is 0.852. The van der Waals surface area contributed by atoms with Gasteiger partial charge in [0.25, 0.3) is 5.91 Å². The Morgan fingerprint density at radius 3 is 2.79 bits per heavy atom. The van der Waals surface area contributed by atoms with Crippen molar-refractivity contribution in [2.75, 3.05) is 25.5 Å². The number of nitrogens with one attached hydrogen (secondary N) is 2. The second kappa shape index (κ2) is 5.73. The highest BCUT2D eigenvalue weighted by Gasteiger charge is 2.30. The van der Waals surface area contributed by atoms with Gasteiger partial charge in [-0.2, -0.15) is 0 Å². The molecule has 1 heterocycles. The van der Waals surface area contributed by atoms with Gasteiger partial charge in [-0.05, 0) is 25.5 Å². The first-order valence-electron chi connectivity index (χ1n) is 6.52. The number of hydrogen-bond donors (Lipinski definition) is 2. The molecule has 102 valence electrons. The summed E-state index contributed by atoms with van der Waals surface area (Å²) in [6.45, 7) is 3.41. The summed E-state index contributed by atoms with van der Waals surface area (Å²) in [5.74, 6) is -0.223. The van der Waals surface area contributed by atoms with Crippen molar-refractivity contribution in [2.45, 2.75) is 19.4 Å². The van der Waals surface area contributed by atoms with Crippen LogP contribution in [0.4, 0.5) is 5.69 Å². The van der Waals surface area contributed by atoms with Gasteiger partial charge in [0.2, 0.25) is 5.91 Å². The van der Waals surface area contributed by atoms with Crippen molar-refractivity contribution >= 4 is 17.5 Å². The fraction of sp³-hybridized carbons (Fsp3) is 0.429. The lowest BCUT2D eigenvalue weighted by Crippen LogP contribution is -2.40. The minimum absolute atomic E-state index is 0.0192. The Hall–Kier alpha value is -2.04. The fourth-order valence-corrected chi connectivity index (χ4v) is 2.22. The van der Waals surface area contributed by atoms with Gasteiger partial charge in [0.15, 0.2) is 0 Å². The molecular formula is C14H19N3O2. The lowest BCUT2D eigenvalue weighted by Gasteiger charge is -2.14. The highest BCUT2D eigenvalue weighted by Crippen LogP contribution is 2.16. The Morgan fingerprint density at radius 1 is 1.42 bits per heavy atom. The summed E-state index contributed by atoms with van der Waals surface area (Å²) in [6, 6.07) is 6.92. The predicted octanol–water partition coefficient (Wildman–Crippen LogP) is 1.08. The summed E-state index contributed by atoms with van der Waals surface area (Å²) >= 11 is 0. The number of likely N-dealkylation sites (N-methyl/N-ethyl adjacent to an activating group) is 1. The molecule has 0 spiro atoms. The van der Waals surface area contributed by atoms with E-state index in [4.69, 9.17) is 0 Å². The normalized spacial score (nSPS) is 18.5. The molecule has 5 heteroatoms. The van der Waals surface area contributed by atoms with Crippen LogP contribution in [0.1, 0.15) is 23.7 Å². The molecule has 1 aromatic rings. The number of rotatable bonds is 4. The zero-order valence-corrected chi connectivity index (χ0v) is 11.3. The van der Waals surface area contributed by atoms with Gasteiger partial charge >= 0.3 is 0 Å². The van der Waals surface area contributed by atoms with Crippen LogP contribution in [0, 0.1) is 0 Å². The van der Waals surface area contributed by atoms with E-state index in [9.17, 15) is 9.59 Å². The maximum Gasteiger partial charge on any atom is 0.254 e. The fourth-order valence-electron chi connectivity index (χ4n) is 2.22. The van der Waals surface area contributed by atoms with Crippen LogP contribution in [0.15, 0.2) is 24.3 Å². The molecule has 0 aromatic heterocycles. The maximum atomic E-state index is 12.2. The van der Waals surface area contributed by atoms with Crippen LogP contribution in [0.5, 0.6) is 0 Å². The SMILES string of the molecule is CCNc1ccccc1C(=O)NC1CCN(C)C1=O. The molecule has 1 aliphatic heterocycles. The first kappa shape index (κ1) is 13.4. The number of benzene rings is 1. The number of hydrogen-bond acceptors (Lipinski definition) is 3. The summed E-state index contributed by atoms with van der Waals surface area (Å²) < 4.78 is 0. The average Bonchev–Trinajstić information content (AvgIpc) is 2.72. The molecule has 1 aliphatic rings. The van der Waals surface area contributed by atoms with E-state index < -0.39 is 6.04 Å². The number of carbonyl (C=O) groups is 2. The molecule has 5 nitrogen and oxygen atoms in total. The number of nitrogens with zero attached hydrogens (tertiary/aromatic N) is 1.